The van der Waals surface area contributed by atoms with Crippen LogP contribution >= 0.6 is 11.6 Å². The van der Waals surface area contributed by atoms with Crippen LogP contribution in [0.1, 0.15) is 0 Å². The number of halogens is 3. The first-order valence-electron chi connectivity index (χ1n) is 10.5. The van der Waals surface area contributed by atoms with Crippen molar-refractivity contribution in [2.75, 3.05) is 31.1 Å². The molecule has 34 heavy (non-hydrogen) atoms. The van der Waals surface area contributed by atoms with E-state index >= 15 is 4.39 Å². The Labute approximate surface area is 197 Å². The van der Waals surface area contributed by atoms with Crippen molar-refractivity contribution in [2.45, 2.75) is 0 Å². The number of aromatic nitrogens is 3. The van der Waals surface area contributed by atoms with Crippen molar-refractivity contribution in [2.24, 2.45) is 0 Å². The minimum absolute atomic E-state index is 0.0744. The van der Waals surface area contributed by atoms with Gasteiger partial charge in [0.15, 0.2) is 11.5 Å². The molecule has 3 heterocycles. The molecular formula is C24H18ClF2N5O2. The lowest BCUT2D eigenvalue weighted by Crippen LogP contribution is -2.48. The highest BCUT2D eigenvalue weighted by Gasteiger charge is 2.28. The van der Waals surface area contributed by atoms with Crippen molar-refractivity contribution >= 4 is 45.3 Å². The summed E-state index contributed by atoms with van der Waals surface area (Å²) < 4.78 is 30.5. The topological polar surface area (TPSA) is 82.5 Å². The molecule has 1 N–H and O–H groups in total. The highest BCUT2D eigenvalue weighted by molar-refractivity contribution is 6.34. The molecule has 4 aromatic rings. The Hall–Kier alpha value is -3.85. The second-order valence-electron chi connectivity index (χ2n) is 7.78. The van der Waals surface area contributed by atoms with Crippen LogP contribution in [0.2, 0.25) is 5.02 Å². The fraction of sp³-hybridized carbons (Fsp3) is 0.167. The van der Waals surface area contributed by atoms with E-state index in [1.165, 1.54) is 36.7 Å². The normalized spacial score (nSPS) is 14.1. The predicted octanol–water partition coefficient (Wildman–Crippen LogP) is 4.32. The standard InChI is InChI=1S/C24H18ClF2N5O2/c1-2-17(34)31-8-10-32(11-9-31)23-13-12-14(25)18(19-15(26)4-3-5-16(19)33)20(27)21(13)30-24-22(23)28-6-7-29-24/h2-7,12,33H,1,8-11H2. The van der Waals surface area contributed by atoms with Gasteiger partial charge in [-0.2, -0.15) is 0 Å². The van der Waals surface area contributed by atoms with E-state index in [9.17, 15) is 14.3 Å². The summed E-state index contributed by atoms with van der Waals surface area (Å²) in [5.74, 6) is -2.29. The SMILES string of the molecule is C=CC(=O)N1CCN(c2c3cc(Cl)c(-c4c(O)cccc4F)c(F)c3nc3nccnc23)CC1. The minimum Gasteiger partial charge on any atom is -0.507 e. The smallest absolute Gasteiger partial charge is 0.246 e. The third-order valence-electron chi connectivity index (χ3n) is 5.89. The zero-order valence-electron chi connectivity index (χ0n) is 17.8. The van der Waals surface area contributed by atoms with Gasteiger partial charge in [0.25, 0.3) is 0 Å². The maximum Gasteiger partial charge on any atom is 0.246 e. The van der Waals surface area contributed by atoms with Gasteiger partial charge in [0.2, 0.25) is 5.91 Å². The second-order valence-corrected chi connectivity index (χ2v) is 8.19. The monoisotopic (exact) mass is 481 g/mol. The highest BCUT2D eigenvalue weighted by Crippen LogP contribution is 2.43. The van der Waals surface area contributed by atoms with Gasteiger partial charge in [-0.1, -0.05) is 24.2 Å². The maximum absolute atomic E-state index is 15.9. The molecule has 1 saturated heterocycles. The average Bonchev–Trinajstić information content (AvgIpc) is 2.84. The second kappa shape index (κ2) is 8.49. The van der Waals surface area contributed by atoms with Crippen LogP contribution in [0, 0.1) is 11.6 Å². The summed E-state index contributed by atoms with van der Waals surface area (Å²) in [6.45, 7) is 5.32. The number of hydrogen-bond donors (Lipinski definition) is 1. The molecule has 7 nitrogen and oxygen atoms in total. The molecule has 0 unspecified atom stereocenters. The van der Waals surface area contributed by atoms with E-state index in [1.807, 2.05) is 4.90 Å². The Morgan fingerprint density at radius 3 is 2.53 bits per heavy atom. The molecule has 1 aliphatic heterocycles. The molecule has 0 radical (unpaired) electrons. The predicted molar refractivity (Wildman–Crippen MR) is 126 cm³/mol. The molecule has 0 atom stereocenters. The summed E-state index contributed by atoms with van der Waals surface area (Å²) in [5, 5.41) is 10.5. The number of phenolic OH excluding ortho intramolecular Hbond substituents is 1. The van der Waals surface area contributed by atoms with Gasteiger partial charge in [0.05, 0.1) is 16.3 Å². The van der Waals surface area contributed by atoms with E-state index in [0.717, 1.165) is 6.07 Å². The van der Waals surface area contributed by atoms with Crippen LogP contribution in [0.5, 0.6) is 5.75 Å². The number of fused-ring (bicyclic) bond motifs is 2. The number of hydrogen-bond acceptors (Lipinski definition) is 6. The number of nitrogens with zero attached hydrogens (tertiary/aromatic N) is 5. The average molecular weight is 482 g/mol. The largest absolute Gasteiger partial charge is 0.507 e. The number of amides is 1. The fourth-order valence-corrected chi connectivity index (χ4v) is 4.59. The number of pyridine rings is 1. The van der Waals surface area contributed by atoms with Crippen molar-refractivity contribution in [1.29, 1.82) is 0 Å². The van der Waals surface area contributed by atoms with Crippen LogP contribution in [0.25, 0.3) is 33.2 Å². The van der Waals surface area contributed by atoms with Gasteiger partial charge < -0.3 is 14.9 Å². The zero-order chi connectivity index (χ0) is 24.0. The molecule has 0 saturated carbocycles. The van der Waals surface area contributed by atoms with E-state index in [1.54, 1.807) is 4.90 Å². The third-order valence-corrected chi connectivity index (χ3v) is 6.19. The number of carbonyl (C=O) groups is 1. The third kappa shape index (κ3) is 3.49. The molecule has 1 aliphatic rings. The minimum atomic E-state index is -0.878. The summed E-state index contributed by atoms with van der Waals surface area (Å²) >= 11 is 6.47. The van der Waals surface area contributed by atoms with Gasteiger partial charge in [0.1, 0.15) is 22.6 Å². The van der Waals surface area contributed by atoms with Crippen LogP contribution in [0.3, 0.4) is 0 Å². The molecule has 5 rings (SSSR count). The first-order valence-corrected chi connectivity index (χ1v) is 10.8. The van der Waals surface area contributed by atoms with Gasteiger partial charge >= 0.3 is 0 Å². The fourth-order valence-electron chi connectivity index (χ4n) is 4.30. The van der Waals surface area contributed by atoms with Crippen molar-refractivity contribution in [3.63, 3.8) is 0 Å². The molecule has 0 aliphatic carbocycles. The number of phenols is 1. The van der Waals surface area contributed by atoms with E-state index in [-0.39, 0.29) is 33.2 Å². The van der Waals surface area contributed by atoms with Crippen molar-refractivity contribution in [1.82, 2.24) is 19.9 Å². The van der Waals surface area contributed by atoms with Crippen LogP contribution in [-0.2, 0) is 4.79 Å². The Kier molecular flexibility index (Phi) is 5.49. The lowest BCUT2D eigenvalue weighted by atomic mass is 9.99. The summed E-state index contributed by atoms with van der Waals surface area (Å²) in [6.07, 6.45) is 4.23. The molecule has 1 fully saturated rings. The number of anilines is 1. The first kappa shape index (κ1) is 22.0. The number of piperazine rings is 1. The van der Waals surface area contributed by atoms with Gasteiger partial charge in [0, 0.05) is 49.5 Å². The van der Waals surface area contributed by atoms with Crippen molar-refractivity contribution < 1.29 is 18.7 Å². The van der Waals surface area contributed by atoms with E-state index in [2.05, 4.69) is 21.5 Å². The molecule has 172 valence electrons. The lowest BCUT2D eigenvalue weighted by Gasteiger charge is -2.36. The molecule has 0 bridgehead atoms. The van der Waals surface area contributed by atoms with E-state index in [4.69, 9.17) is 11.6 Å². The van der Waals surface area contributed by atoms with Gasteiger partial charge in [-0.3, -0.25) is 4.79 Å². The van der Waals surface area contributed by atoms with E-state index < -0.39 is 17.4 Å². The number of carbonyl (C=O) groups excluding carboxylic acids is 1. The zero-order valence-corrected chi connectivity index (χ0v) is 18.6. The summed E-state index contributed by atoms with van der Waals surface area (Å²) in [4.78, 5) is 28.7. The number of benzene rings is 2. The Morgan fingerprint density at radius 1 is 1.09 bits per heavy atom. The van der Waals surface area contributed by atoms with Crippen LogP contribution in [0.15, 0.2) is 49.3 Å². The van der Waals surface area contributed by atoms with E-state index in [0.29, 0.717) is 42.8 Å². The van der Waals surface area contributed by atoms with Gasteiger partial charge in [-0.15, -0.1) is 0 Å². The van der Waals surface area contributed by atoms with Crippen molar-refractivity contribution in [3.05, 3.63) is 66.0 Å². The lowest BCUT2D eigenvalue weighted by molar-refractivity contribution is -0.126. The van der Waals surface area contributed by atoms with Crippen LogP contribution in [0.4, 0.5) is 14.5 Å². The highest BCUT2D eigenvalue weighted by atomic mass is 35.5. The van der Waals surface area contributed by atoms with Crippen molar-refractivity contribution in [3.8, 4) is 16.9 Å². The Balaban J connectivity index is 1.74. The van der Waals surface area contributed by atoms with Crippen LogP contribution < -0.4 is 4.90 Å². The van der Waals surface area contributed by atoms with Gasteiger partial charge in [-0.25, -0.2) is 23.7 Å². The first-order chi connectivity index (χ1) is 16.4. The molecule has 10 heteroatoms. The molecule has 2 aromatic heterocycles. The van der Waals surface area contributed by atoms with Gasteiger partial charge in [-0.05, 0) is 24.3 Å². The summed E-state index contributed by atoms with van der Waals surface area (Å²) in [7, 11) is 0. The summed E-state index contributed by atoms with van der Waals surface area (Å²) in [5.41, 5.74) is 0.535. The quantitative estimate of drug-likeness (QED) is 0.347. The Morgan fingerprint density at radius 2 is 1.82 bits per heavy atom. The molecular weight excluding hydrogens is 464 g/mol. The number of rotatable bonds is 3. The molecule has 0 spiro atoms. The number of aromatic hydroxyl groups is 1. The molecule has 1 amide bonds. The Bertz CT molecular complexity index is 1450. The molecule has 2 aromatic carbocycles. The summed E-state index contributed by atoms with van der Waals surface area (Å²) in [6, 6.07) is 5.19. The maximum atomic E-state index is 15.9. The van der Waals surface area contributed by atoms with Crippen LogP contribution in [-0.4, -0.2) is 57.0 Å².